The summed E-state index contributed by atoms with van der Waals surface area (Å²) in [5, 5.41) is 8.09. The molecule has 0 amide bonds. The standard InChI is InChI=1S/C17H22ClF3N6O/c18-14-13-8-22-16(23-12-3-6-28-7-4-12)25-27(13)15(24-14)11-2-1-5-26(9-11)10-17(19,20)21/h8,11-12H,1-7,9-10H2,(H,23,25). The average molecular weight is 419 g/mol. The fourth-order valence-electron chi connectivity index (χ4n) is 3.89. The molecule has 0 saturated carbocycles. The molecular weight excluding hydrogens is 397 g/mol. The van der Waals surface area contributed by atoms with E-state index in [0.29, 0.717) is 43.5 Å². The molecule has 154 valence electrons. The molecule has 7 nitrogen and oxygen atoms in total. The van der Waals surface area contributed by atoms with Gasteiger partial charge in [-0.1, -0.05) is 11.6 Å². The SMILES string of the molecule is FC(F)(F)CN1CCCC(c2nc(Cl)c3cnc(NC4CCOCC4)nn23)C1. The molecule has 2 aromatic heterocycles. The first-order chi connectivity index (χ1) is 13.4. The zero-order valence-electron chi connectivity index (χ0n) is 15.3. The minimum Gasteiger partial charge on any atom is -0.381 e. The zero-order chi connectivity index (χ0) is 19.7. The summed E-state index contributed by atoms with van der Waals surface area (Å²) in [6.45, 7) is 1.19. The van der Waals surface area contributed by atoms with Crippen molar-refractivity contribution in [2.24, 2.45) is 0 Å². The normalized spacial score (nSPS) is 22.6. The predicted molar refractivity (Wildman–Crippen MR) is 97.7 cm³/mol. The number of aromatic nitrogens is 4. The van der Waals surface area contributed by atoms with Crippen molar-refractivity contribution in [1.29, 1.82) is 0 Å². The molecule has 2 aliphatic heterocycles. The summed E-state index contributed by atoms with van der Waals surface area (Å²) in [4.78, 5) is 10.1. The minimum atomic E-state index is -4.21. The number of imidazole rings is 1. The van der Waals surface area contributed by atoms with Crippen molar-refractivity contribution in [3.63, 3.8) is 0 Å². The molecule has 1 unspecified atom stereocenters. The smallest absolute Gasteiger partial charge is 0.381 e. The Labute approximate surface area is 165 Å². The van der Waals surface area contributed by atoms with Crippen molar-refractivity contribution in [2.45, 2.75) is 43.8 Å². The van der Waals surface area contributed by atoms with Crippen molar-refractivity contribution in [2.75, 3.05) is 38.2 Å². The Morgan fingerprint density at radius 2 is 2.04 bits per heavy atom. The average Bonchev–Trinajstić information content (AvgIpc) is 2.98. The van der Waals surface area contributed by atoms with Crippen LogP contribution >= 0.6 is 11.6 Å². The molecule has 0 aliphatic carbocycles. The van der Waals surface area contributed by atoms with Gasteiger partial charge in [0.2, 0.25) is 5.95 Å². The van der Waals surface area contributed by atoms with Gasteiger partial charge in [0.05, 0.1) is 12.7 Å². The Kier molecular flexibility index (Phi) is 5.62. The highest BCUT2D eigenvalue weighted by Crippen LogP contribution is 2.31. The fraction of sp³-hybridized carbons (Fsp3) is 0.706. The summed E-state index contributed by atoms with van der Waals surface area (Å²) in [6, 6.07) is 0.227. The maximum absolute atomic E-state index is 12.8. The van der Waals surface area contributed by atoms with E-state index >= 15 is 0 Å². The van der Waals surface area contributed by atoms with Crippen LogP contribution in [0.15, 0.2) is 6.20 Å². The summed E-state index contributed by atoms with van der Waals surface area (Å²) in [6.07, 6.45) is 0.547. The minimum absolute atomic E-state index is 0.165. The molecule has 0 bridgehead atoms. The summed E-state index contributed by atoms with van der Waals surface area (Å²) >= 11 is 6.24. The topological polar surface area (TPSA) is 67.6 Å². The van der Waals surface area contributed by atoms with Crippen molar-refractivity contribution in [3.05, 3.63) is 17.2 Å². The largest absolute Gasteiger partial charge is 0.401 e. The number of rotatable bonds is 4. The van der Waals surface area contributed by atoms with Crippen LogP contribution in [-0.4, -0.2) is 69.5 Å². The lowest BCUT2D eigenvalue weighted by Gasteiger charge is -2.32. The number of nitrogens with one attached hydrogen (secondary N) is 1. The second kappa shape index (κ2) is 8.00. The molecule has 2 aromatic rings. The van der Waals surface area contributed by atoms with Crippen LogP contribution in [0.1, 0.15) is 37.4 Å². The monoisotopic (exact) mass is 418 g/mol. The zero-order valence-corrected chi connectivity index (χ0v) is 16.0. The van der Waals surface area contributed by atoms with Crippen molar-refractivity contribution < 1.29 is 17.9 Å². The van der Waals surface area contributed by atoms with E-state index in [9.17, 15) is 13.2 Å². The van der Waals surface area contributed by atoms with Gasteiger partial charge in [0, 0.05) is 31.7 Å². The molecule has 2 fully saturated rings. The number of fused-ring (bicyclic) bond motifs is 1. The van der Waals surface area contributed by atoms with Crippen LogP contribution in [-0.2, 0) is 4.74 Å². The lowest BCUT2D eigenvalue weighted by molar-refractivity contribution is -0.148. The highest BCUT2D eigenvalue weighted by molar-refractivity contribution is 6.32. The molecule has 0 aromatic carbocycles. The van der Waals surface area contributed by atoms with Gasteiger partial charge in [-0.2, -0.15) is 13.2 Å². The Balaban J connectivity index is 1.56. The van der Waals surface area contributed by atoms with Crippen molar-refractivity contribution in [1.82, 2.24) is 24.5 Å². The van der Waals surface area contributed by atoms with E-state index in [1.54, 1.807) is 10.7 Å². The van der Waals surface area contributed by atoms with E-state index in [-0.39, 0.29) is 23.7 Å². The maximum atomic E-state index is 12.8. The number of anilines is 1. The van der Waals surface area contributed by atoms with E-state index in [4.69, 9.17) is 16.3 Å². The van der Waals surface area contributed by atoms with Crippen LogP contribution in [0.5, 0.6) is 0 Å². The molecule has 0 spiro atoms. The quantitative estimate of drug-likeness (QED) is 0.823. The highest BCUT2D eigenvalue weighted by Gasteiger charge is 2.34. The van der Waals surface area contributed by atoms with Gasteiger partial charge in [-0.05, 0) is 32.2 Å². The van der Waals surface area contributed by atoms with Crippen LogP contribution in [0, 0.1) is 0 Å². The Hall–Kier alpha value is -1.65. The lowest BCUT2D eigenvalue weighted by Crippen LogP contribution is -2.41. The Morgan fingerprint density at radius 3 is 2.79 bits per heavy atom. The third-order valence-corrected chi connectivity index (χ3v) is 5.48. The Bertz CT molecular complexity index is 823. The number of nitrogens with zero attached hydrogens (tertiary/aromatic N) is 5. The highest BCUT2D eigenvalue weighted by atomic mass is 35.5. The van der Waals surface area contributed by atoms with Gasteiger partial charge < -0.3 is 10.1 Å². The molecule has 2 aliphatic rings. The van der Waals surface area contributed by atoms with Gasteiger partial charge in [0.1, 0.15) is 11.3 Å². The van der Waals surface area contributed by atoms with Crippen molar-refractivity contribution in [3.8, 4) is 0 Å². The van der Waals surface area contributed by atoms with E-state index < -0.39 is 12.7 Å². The van der Waals surface area contributed by atoms with Gasteiger partial charge in [-0.25, -0.2) is 14.5 Å². The van der Waals surface area contributed by atoms with Crippen LogP contribution in [0.25, 0.3) is 5.52 Å². The molecule has 28 heavy (non-hydrogen) atoms. The molecule has 1 N–H and O–H groups in total. The summed E-state index contributed by atoms with van der Waals surface area (Å²) in [7, 11) is 0. The maximum Gasteiger partial charge on any atom is 0.401 e. The Morgan fingerprint density at radius 1 is 1.25 bits per heavy atom. The van der Waals surface area contributed by atoms with Gasteiger partial charge in [0.15, 0.2) is 5.15 Å². The second-order valence-electron chi connectivity index (χ2n) is 7.36. The molecule has 11 heteroatoms. The molecule has 4 heterocycles. The fourth-order valence-corrected chi connectivity index (χ4v) is 4.11. The van der Waals surface area contributed by atoms with Gasteiger partial charge in [0.25, 0.3) is 0 Å². The van der Waals surface area contributed by atoms with Crippen LogP contribution in [0.2, 0.25) is 5.15 Å². The molecule has 1 atom stereocenters. The number of halogens is 4. The first-order valence-corrected chi connectivity index (χ1v) is 9.81. The third kappa shape index (κ3) is 4.49. The third-order valence-electron chi connectivity index (χ3n) is 5.20. The van der Waals surface area contributed by atoms with E-state index in [0.717, 1.165) is 19.3 Å². The lowest BCUT2D eigenvalue weighted by atomic mass is 9.97. The number of alkyl halides is 3. The summed E-state index contributed by atoms with van der Waals surface area (Å²) in [5.41, 5.74) is 0.558. The number of hydrogen-bond acceptors (Lipinski definition) is 6. The van der Waals surface area contributed by atoms with Crippen LogP contribution in [0.3, 0.4) is 0 Å². The van der Waals surface area contributed by atoms with E-state index in [1.165, 1.54) is 4.90 Å². The molecule has 4 rings (SSSR count). The molecule has 2 saturated heterocycles. The van der Waals surface area contributed by atoms with Gasteiger partial charge >= 0.3 is 6.18 Å². The second-order valence-corrected chi connectivity index (χ2v) is 7.72. The van der Waals surface area contributed by atoms with Crippen LogP contribution in [0.4, 0.5) is 19.1 Å². The number of ether oxygens (including phenoxy) is 1. The van der Waals surface area contributed by atoms with Crippen LogP contribution < -0.4 is 5.32 Å². The molecule has 0 radical (unpaired) electrons. The number of likely N-dealkylation sites (tertiary alicyclic amines) is 1. The van der Waals surface area contributed by atoms with E-state index in [2.05, 4.69) is 20.4 Å². The first kappa shape index (κ1) is 19.7. The number of piperidine rings is 1. The summed E-state index contributed by atoms with van der Waals surface area (Å²) < 4.78 is 45.3. The predicted octanol–water partition coefficient (Wildman–Crippen LogP) is 3.11. The first-order valence-electron chi connectivity index (χ1n) is 9.43. The number of hydrogen-bond donors (Lipinski definition) is 1. The molecular formula is C17H22ClF3N6O. The van der Waals surface area contributed by atoms with Crippen molar-refractivity contribution >= 4 is 23.1 Å². The summed E-state index contributed by atoms with van der Waals surface area (Å²) in [5.74, 6) is 0.879. The van der Waals surface area contributed by atoms with E-state index in [1.807, 2.05) is 0 Å². The van der Waals surface area contributed by atoms with Gasteiger partial charge in [-0.15, -0.1) is 5.10 Å². The van der Waals surface area contributed by atoms with Gasteiger partial charge in [-0.3, -0.25) is 4.90 Å².